The Bertz CT molecular complexity index is 107. The number of aliphatic hydroxyl groups is 1. The summed E-state index contributed by atoms with van der Waals surface area (Å²) in [6.45, 7) is 5.71. The van der Waals surface area contributed by atoms with Crippen molar-refractivity contribution in [3.8, 4) is 0 Å². The van der Waals surface area contributed by atoms with Gasteiger partial charge in [0.25, 0.3) is 0 Å². The van der Waals surface area contributed by atoms with Crippen molar-refractivity contribution in [2.45, 2.75) is 19.8 Å². The summed E-state index contributed by atoms with van der Waals surface area (Å²) in [5, 5.41) is 12.1. The molecule has 13 heavy (non-hydrogen) atoms. The molecule has 0 aromatic rings. The minimum Gasteiger partial charge on any atom is -0.396 e. The van der Waals surface area contributed by atoms with E-state index in [-0.39, 0.29) is 0 Å². The van der Waals surface area contributed by atoms with E-state index in [9.17, 15) is 0 Å². The molecule has 0 rings (SSSR count). The quantitative estimate of drug-likeness (QED) is 0.546. The molecule has 0 amide bonds. The first-order chi connectivity index (χ1) is 6.16. The fraction of sp³-hybridized carbons (Fsp3) is 1.00. The van der Waals surface area contributed by atoms with Crippen molar-refractivity contribution in [3.63, 3.8) is 0 Å². The highest BCUT2D eigenvalue weighted by Gasteiger charge is 1.99. The van der Waals surface area contributed by atoms with Gasteiger partial charge in [0.05, 0.1) is 0 Å². The van der Waals surface area contributed by atoms with Gasteiger partial charge in [0.2, 0.25) is 0 Å². The summed E-state index contributed by atoms with van der Waals surface area (Å²) < 4.78 is 0. The molecule has 80 valence electrons. The van der Waals surface area contributed by atoms with Gasteiger partial charge in [0.15, 0.2) is 0 Å². The fourth-order valence-corrected chi connectivity index (χ4v) is 1.19. The van der Waals surface area contributed by atoms with Crippen LogP contribution in [0.2, 0.25) is 0 Å². The molecule has 0 heterocycles. The molecule has 3 heteroatoms. The highest BCUT2D eigenvalue weighted by atomic mass is 16.3. The molecule has 0 saturated carbocycles. The minimum atomic E-state index is 0.306. The van der Waals surface area contributed by atoms with Gasteiger partial charge in [0, 0.05) is 6.61 Å². The Labute approximate surface area is 82.1 Å². The van der Waals surface area contributed by atoms with Crippen LogP contribution in [0.3, 0.4) is 0 Å². The normalized spacial score (nSPS) is 13.6. The first-order valence-electron chi connectivity index (χ1n) is 5.13. The van der Waals surface area contributed by atoms with Crippen LogP contribution in [0.15, 0.2) is 0 Å². The molecule has 0 spiro atoms. The summed E-state index contributed by atoms with van der Waals surface area (Å²) >= 11 is 0. The molecular formula is C10H24N2O. The third kappa shape index (κ3) is 9.80. The molecule has 2 N–H and O–H groups in total. The van der Waals surface area contributed by atoms with Gasteiger partial charge in [0.1, 0.15) is 0 Å². The highest BCUT2D eigenvalue weighted by molar-refractivity contribution is 4.57. The molecule has 1 unspecified atom stereocenters. The van der Waals surface area contributed by atoms with E-state index in [0.29, 0.717) is 12.5 Å². The van der Waals surface area contributed by atoms with Crippen molar-refractivity contribution < 1.29 is 5.11 Å². The van der Waals surface area contributed by atoms with Crippen LogP contribution >= 0.6 is 0 Å². The lowest BCUT2D eigenvalue weighted by molar-refractivity contribution is 0.260. The second-order valence-electron chi connectivity index (χ2n) is 3.98. The van der Waals surface area contributed by atoms with E-state index in [2.05, 4.69) is 31.2 Å². The molecule has 0 saturated heterocycles. The summed E-state index contributed by atoms with van der Waals surface area (Å²) in [4.78, 5) is 2.19. The van der Waals surface area contributed by atoms with Gasteiger partial charge >= 0.3 is 0 Å². The van der Waals surface area contributed by atoms with E-state index in [1.165, 1.54) is 6.42 Å². The van der Waals surface area contributed by atoms with E-state index >= 15 is 0 Å². The molecular weight excluding hydrogens is 164 g/mol. The van der Waals surface area contributed by atoms with E-state index in [4.69, 9.17) is 5.11 Å². The van der Waals surface area contributed by atoms with E-state index in [0.717, 1.165) is 26.1 Å². The minimum absolute atomic E-state index is 0.306. The van der Waals surface area contributed by atoms with Gasteiger partial charge in [-0.2, -0.15) is 0 Å². The maximum atomic E-state index is 8.68. The molecule has 0 radical (unpaired) electrons. The summed E-state index contributed by atoms with van der Waals surface area (Å²) in [5.74, 6) is 0.587. The number of hydrogen-bond acceptors (Lipinski definition) is 3. The van der Waals surface area contributed by atoms with Gasteiger partial charge in [-0.25, -0.2) is 0 Å². The van der Waals surface area contributed by atoms with Crippen molar-refractivity contribution in [2.75, 3.05) is 40.3 Å². The molecule has 0 aliphatic heterocycles. The van der Waals surface area contributed by atoms with Crippen LogP contribution in [0.5, 0.6) is 0 Å². The summed E-state index contributed by atoms with van der Waals surface area (Å²) in [6, 6.07) is 0. The van der Waals surface area contributed by atoms with Crippen molar-refractivity contribution in [1.29, 1.82) is 0 Å². The van der Waals surface area contributed by atoms with Crippen LogP contribution in [0.25, 0.3) is 0 Å². The smallest absolute Gasteiger partial charge is 0.0434 e. The van der Waals surface area contributed by atoms with Crippen LogP contribution in [0.4, 0.5) is 0 Å². The van der Waals surface area contributed by atoms with Crippen molar-refractivity contribution >= 4 is 0 Å². The SMILES string of the molecule is CC(CCO)CNCCCN(C)C. The van der Waals surface area contributed by atoms with Gasteiger partial charge in [-0.1, -0.05) is 6.92 Å². The number of nitrogens with one attached hydrogen (secondary N) is 1. The van der Waals surface area contributed by atoms with Gasteiger partial charge in [-0.05, 0) is 52.5 Å². The second-order valence-corrected chi connectivity index (χ2v) is 3.98. The van der Waals surface area contributed by atoms with E-state index < -0.39 is 0 Å². The summed E-state index contributed by atoms with van der Waals surface area (Å²) in [6.07, 6.45) is 2.10. The predicted octanol–water partition coefficient (Wildman–Crippen LogP) is 0.546. The van der Waals surface area contributed by atoms with Gasteiger partial charge in [-0.3, -0.25) is 0 Å². The average molecular weight is 188 g/mol. The van der Waals surface area contributed by atoms with Crippen LogP contribution < -0.4 is 5.32 Å². The number of rotatable bonds is 8. The Balaban J connectivity index is 3.06. The fourth-order valence-electron chi connectivity index (χ4n) is 1.19. The number of aliphatic hydroxyl groups excluding tert-OH is 1. The first-order valence-corrected chi connectivity index (χ1v) is 5.13. The Morgan fingerprint density at radius 1 is 1.38 bits per heavy atom. The standard InChI is InChI=1S/C10H24N2O/c1-10(5-8-13)9-11-6-4-7-12(2)3/h10-11,13H,4-9H2,1-3H3. The zero-order chi connectivity index (χ0) is 10.1. The topological polar surface area (TPSA) is 35.5 Å². The molecule has 0 aliphatic carbocycles. The molecule has 0 fully saturated rings. The Hall–Kier alpha value is -0.120. The maximum Gasteiger partial charge on any atom is 0.0434 e. The molecule has 0 aromatic carbocycles. The molecule has 3 nitrogen and oxygen atoms in total. The van der Waals surface area contributed by atoms with Crippen LogP contribution in [-0.4, -0.2) is 50.3 Å². The lowest BCUT2D eigenvalue weighted by Gasteiger charge is -2.12. The molecule has 0 aliphatic rings. The maximum absolute atomic E-state index is 8.68. The third-order valence-electron chi connectivity index (χ3n) is 2.07. The monoisotopic (exact) mass is 188 g/mol. The van der Waals surface area contributed by atoms with E-state index in [1.54, 1.807) is 0 Å². The Morgan fingerprint density at radius 3 is 2.62 bits per heavy atom. The van der Waals surface area contributed by atoms with Crippen molar-refractivity contribution in [3.05, 3.63) is 0 Å². The molecule has 0 aromatic heterocycles. The Kier molecular flexibility index (Phi) is 8.40. The van der Waals surface area contributed by atoms with Gasteiger partial charge in [-0.15, -0.1) is 0 Å². The first kappa shape index (κ1) is 12.9. The molecule has 0 bridgehead atoms. The molecule has 1 atom stereocenters. The number of nitrogens with zero attached hydrogens (tertiary/aromatic N) is 1. The second kappa shape index (κ2) is 8.48. The third-order valence-corrected chi connectivity index (χ3v) is 2.07. The lowest BCUT2D eigenvalue weighted by atomic mass is 10.1. The van der Waals surface area contributed by atoms with Crippen LogP contribution in [0, 0.1) is 5.92 Å². The van der Waals surface area contributed by atoms with Crippen molar-refractivity contribution in [1.82, 2.24) is 10.2 Å². The number of hydrogen-bond donors (Lipinski definition) is 2. The largest absolute Gasteiger partial charge is 0.396 e. The zero-order valence-electron chi connectivity index (χ0n) is 9.21. The predicted molar refractivity (Wildman–Crippen MR) is 56.9 cm³/mol. The zero-order valence-corrected chi connectivity index (χ0v) is 9.21. The van der Waals surface area contributed by atoms with E-state index in [1.807, 2.05) is 0 Å². The average Bonchev–Trinajstić information content (AvgIpc) is 2.03. The summed E-state index contributed by atoms with van der Waals surface area (Å²) in [5.41, 5.74) is 0. The van der Waals surface area contributed by atoms with Crippen LogP contribution in [-0.2, 0) is 0 Å². The van der Waals surface area contributed by atoms with Gasteiger partial charge < -0.3 is 15.3 Å². The Morgan fingerprint density at radius 2 is 2.08 bits per heavy atom. The van der Waals surface area contributed by atoms with Crippen LogP contribution in [0.1, 0.15) is 19.8 Å². The highest BCUT2D eigenvalue weighted by Crippen LogP contribution is 1.97. The summed E-state index contributed by atoms with van der Waals surface area (Å²) in [7, 11) is 4.18. The van der Waals surface area contributed by atoms with Crippen molar-refractivity contribution in [2.24, 2.45) is 5.92 Å². The lowest BCUT2D eigenvalue weighted by Crippen LogP contribution is -2.25.